The van der Waals surface area contributed by atoms with Crippen LogP contribution in [0.2, 0.25) is 5.02 Å². The minimum Gasteiger partial charge on any atom is -0.295 e. The number of halogens is 3. The highest BCUT2D eigenvalue weighted by molar-refractivity contribution is 9.10. The van der Waals surface area contributed by atoms with Crippen molar-refractivity contribution in [3.8, 4) is 5.69 Å². The minimum absolute atomic E-state index is 0.346. The van der Waals surface area contributed by atoms with Crippen LogP contribution in [-0.2, 0) is 5.88 Å². The molecule has 0 N–H and O–H groups in total. The number of fused-ring (bicyclic) bond motifs is 1. The van der Waals surface area contributed by atoms with Crippen LogP contribution in [0.5, 0.6) is 0 Å². The molecule has 0 aliphatic heterocycles. The summed E-state index contributed by atoms with van der Waals surface area (Å²) in [5.41, 5.74) is 2.87. The minimum atomic E-state index is 0.346. The van der Waals surface area contributed by atoms with E-state index >= 15 is 0 Å². The molecule has 3 aromatic rings. The lowest BCUT2D eigenvalue weighted by molar-refractivity contribution is 0.981. The highest BCUT2D eigenvalue weighted by Gasteiger charge is 2.12. The highest BCUT2D eigenvalue weighted by Crippen LogP contribution is 2.26. The lowest BCUT2D eigenvalue weighted by Gasteiger charge is -2.08. The SMILES string of the molecule is ClCc1nc2cc(Cl)ccc2n1-c1cccc(Br)c1. The van der Waals surface area contributed by atoms with E-state index < -0.39 is 0 Å². The molecule has 0 amide bonds. The Labute approximate surface area is 129 Å². The topological polar surface area (TPSA) is 17.8 Å². The van der Waals surface area contributed by atoms with Crippen LogP contribution >= 0.6 is 39.1 Å². The number of aromatic nitrogens is 2. The molecule has 0 saturated carbocycles. The fourth-order valence-electron chi connectivity index (χ4n) is 2.10. The Balaban J connectivity index is 2.32. The first-order valence-electron chi connectivity index (χ1n) is 5.68. The first-order valence-corrected chi connectivity index (χ1v) is 7.38. The van der Waals surface area contributed by atoms with Gasteiger partial charge in [-0.05, 0) is 36.4 Å². The number of benzene rings is 2. The number of imidazole rings is 1. The van der Waals surface area contributed by atoms with Gasteiger partial charge in [0.15, 0.2) is 0 Å². The summed E-state index contributed by atoms with van der Waals surface area (Å²) in [6, 6.07) is 13.7. The maximum absolute atomic E-state index is 6.00. The largest absolute Gasteiger partial charge is 0.295 e. The van der Waals surface area contributed by atoms with Crippen molar-refractivity contribution >= 4 is 50.2 Å². The Morgan fingerprint density at radius 3 is 2.74 bits per heavy atom. The Morgan fingerprint density at radius 1 is 1.16 bits per heavy atom. The molecule has 96 valence electrons. The van der Waals surface area contributed by atoms with Crippen LogP contribution in [0.4, 0.5) is 0 Å². The average Bonchev–Trinajstić information content (AvgIpc) is 2.76. The molecule has 0 bridgehead atoms. The molecule has 5 heteroatoms. The number of rotatable bonds is 2. The maximum Gasteiger partial charge on any atom is 0.129 e. The summed E-state index contributed by atoms with van der Waals surface area (Å²) in [5.74, 6) is 1.15. The lowest BCUT2D eigenvalue weighted by Crippen LogP contribution is -1.98. The third-order valence-corrected chi connectivity index (χ3v) is 3.84. The number of hydrogen-bond donors (Lipinski definition) is 0. The van der Waals surface area contributed by atoms with Crippen LogP contribution in [0.25, 0.3) is 16.7 Å². The van der Waals surface area contributed by atoms with E-state index in [4.69, 9.17) is 23.2 Å². The number of hydrogen-bond acceptors (Lipinski definition) is 1. The molecular formula is C14H9BrCl2N2. The maximum atomic E-state index is 6.00. The van der Waals surface area contributed by atoms with Gasteiger partial charge >= 0.3 is 0 Å². The molecule has 19 heavy (non-hydrogen) atoms. The van der Waals surface area contributed by atoms with Crippen molar-refractivity contribution in [1.82, 2.24) is 9.55 Å². The Kier molecular flexibility index (Phi) is 3.52. The lowest BCUT2D eigenvalue weighted by atomic mass is 10.3. The average molecular weight is 356 g/mol. The smallest absolute Gasteiger partial charge is 0.129 e. The van der Waals surface area contributed by atoms with Crippen molar-refractivity contribution in [2.45, 2.75) is 5.88 Å². The molecule has 0 atom stereocenters. The predicted octanol–water partition coefficient (Wildman–Crippen LogP) is 5.18. The van der Waals surface area contributed by atoms with E-state index in [0.717, 1.165) is 27.0 Å². The second-order valence-electron chi connectivity index (χ2n) is 4.11. The molecule has 3 rings (SSSR count). The fraction of sp³-hybridized carbons (Fsp3) is 0.0714. The van der Waals surface area contributed by atoms with Gasteiger partial charge in [0.2, 0.25) is 0 Å². The summed E-state index contributed by atoms with van der Waals surface area (Å²) in [7, 11) is 0. The normalized spacial score (nSPS) is 11.1. The van der Waals surface area contributed by atoms with Gasteiger partial charge in [0.1, 0.15) is 5.82 Å². The summed E-state index contributed by atoms with van der Waals surface area (Å²) >= 11 is 15.5. The Bertz CT molecular complexity index is 752. The van der Waals surface area contributed by atoms with Crippen molar-refractivity contribution < 1.29 is 0 Å². The molecule has 1 aromatic heterocycles. The van der Waals surface area contributed by atoms with Crippen molar-refractivity contribution in [2.75, 3.05) is 0 Å². The second-order valence-corrected chi connectivity index (χ2v) is 5.73. The molecule has 0 fully saturated rings. The molecule has 2 aromatic carbocycles. The zero-order valence-electron chi connectivity index (χ0n) is 9.78. The number of alkyl halides is 1. The van der Waals surface area contributed by atoms with Gasteiger partial charge in [-0.3, -0.25) is 4.57 Å². The van der Waals surface area contributed by atoms with E-state index in [9.17, 15) is 0 Å². The van der Waals surface area contributed by atoms with Crippen LogP contribution < -0.4 is 0 Å². The summed E-state index contributed by atoms with van der Waals surface area (Å²) in [6.07, 6.45) is 0. The van der Waals surface area contributed by atoms with Crippen LogP contribution in [0.15, 0.2) is 46.9 Å². The van der Waals surface area contributed by atoms with Crippen LogP contribution in [0.1, 0.15) is 5.82 Å². The molecular weight excluding hydrogens is 347 g/mol. The monoisotopic (exact) mass is 354 g/mol. The standard InChI is InChI=1S/C14H9BrCl2N2/c15-9-2-1-3-11(6-9)19-13-5-4-10(17)7-12(13)18-14(19)8-16/h1-7H,8H2. The Morgan fingerprint density at radius 2 is 2.00 bits per heavy atom. The first-order chi connectivity index (χ1) is 9.19. The van der Waals surface area contributed by atoms with E-state index in [1.54, 1.807) is 0 Å². The molecule has 1 heterocycles. The summed E-state index contributed by atoms with van der Waals surface area (Å²) < 4.78 is 3.06. The van der Waals surface area contributed by atoms with Crippen molar-refractivity contribution in [1.29, 1.82) is 0 Å². The van der Waals surface area contributed by atoms with E-state index in [1.165, 1.54) is 0 Å². The van der Waals surface area contributed by atoms with Gasteiger partial charge in [0.05, 0.1) is 16.9 Å². The van der Waals surface area contributed by atoms with Gasteiger partial charge in [0.25, 0.3) is 0 Å². The highest BCUT2D eigenvalue weighted by atomic mass is 79.9. The quantitative estimate of drug-likeness (QED) is 0.579. The Hall–Kier alpha value is -1.03. The van der Waals surface area contributed by atoms with Crippen LogP contribution in [0.3, 0.4) is 0 Å². The molecule has 0 aliphatic carbocycles. The fourth-order valence-corrected chi connectivity index (χ4v) is 2.83. The van der Waals surface area contributed by atoms with E-state index in [-0.39, 0.29) is 0 Å². The zero-order chi connectivity index (χ0) is 13.4. The summed E-state index contributed by atoms with van der Waals surface area (Å²) in [5, 5.41) is 0.674. The zero-order valence-corrected chi connectivity index (χ0v) is 12.9. The van der Waals surface area contributed by atoms with Crippen molar-refractivity contribution in [3.05, 3.63) is 57.8 Å². The molecule has 0 saturated heterocycles. The first kappa shape index (κ1) is 13.0. The second kappa shape index (κ2) is 5.16. The summed E-state index contributed by atoms with van der Waals surface area (Å²) in [6.45, 7) is 0. The third kappa shape index (κ3) is 2.38. The van der Waals surface area contributed by atoms with E-state index in [2.05, 4.69) is 20.9 Å². The van der Waals surface area contributed by atoms with Crippen molar-refractivity contribution in [3.63, 3.8) is 0 Å². The summed E-state index contributed by atoms with van der Waals surface area (Å²) in [4.78, 5) is 4.53. The van der Waals surface area contributed by atoms with Gasteiger partial charge < -0.3 is 0 Å². The molecule has 0 unspecified atom stereocenters. The van der Waals surface area contributed by atoms with E-state index in [0.29, 0.717) is 10.9 Å². The van der Waals surface area contributed by atoms with Gasteiger partial charge in [0, 0.05) is 15.2 Å². The van der Waals surface area contributed by atoms with Crippen LogP contribution in [0, 0.1) is 0 Å². The number of nitrogens with zero attached hydrogens (tertiary/aromatic N) is 2. The molecule has 0 radical (unpaired) electrons. The molecule has 2 nitrogen and oxygen atoms in total. The van der Waals surface area contributed by atoms with Gasteiger partial charge in [-0.25, -0.2) is 4.98 Å². The van der Waals surface area contributed by atoms with E-state index in [1.807, 2.05) is 47.0 Å². The van der Waals surface area contributed by atoms with Gasteiger partial charge in [-0.2, -0.15) is 0 Å². The third-order valence-electron chi connectivity index (χ3n) is 2.87. The molecule has 0 spiro atoms. The predicted molar refractivity (Wildman–Crippen MR) is 83.3 cm³/mol. The van der Waals surface area contributed by atoms with Crippen molar-refractivity contribution in [2.24, 2.45) is 0 Å². The van der Waals surface area contributed by atoms with Gasteiger partial charge in [-0.15, -0.1) is 11.6 Å². The van der Waals surface area contributed by atoms with Gasteiger partial charge in [-0.1, -0.05) is 33.6 Å². The molecule has 0 aliphatic rings. The van der Waals surface area contributed by atoms with Crippen LogP contribution in [-0.4, -0.2) is 9.55 Å².